The largest absolute Gasteiger partial charge is 0.334 e. The van der Waals surface area contributed by atoms with Crippen molar-refractivity contribution in [1.29, 1.82) is 0 Å². The predicted molar refractivity (Wildman–Crippen MR) is 69.0 cm³/mol. The second-order valence-electron chi connectivity index (χ2n) is 5.39. The minimum Gasteiger partial charge on any atom is -0.334 e. The van der Waals surface area contributed by atoms with E-state index in [0.717, 1.165) is 45.4 Å². The maximum Gasteiger partial charge on any atom is 0.312 e. The van der Waals surface area contributed by atoms with Crippen LogP contribution in [0.1, 0.15) is 26.2 Å². The smallest absolute Gasteiger partial charge is 0.312 e. The summed E-state index contributed by atoms with van der Waals surface area (Å²) in [5.74, 6) is -0.0995. The molecule has 2 aliphatic heterocycles. The van der Waals surface area contributed by atoms with Gasteiger partial charge in [-0.2, -0.15) is 0 Å². The first-order chi connectivity index (χ1) is 8.68. The topological polar surface area (TPSA) is 52.7 Å². The van der Waals surface area contributed by atoms with Crippen molar-refractivity contribution in [3.8, 4) is 0 Å². The molecule has 0 spiro atoms. The average Bonchev–Trinajstić information content (AvgIpc) is 2.66. The van der Waals surface area contributed by atoms with E-state index in [-0.39, 0.29) is 11.8 Å². The van der Waals surface area contributed by atoms with Crippen molar-refractivity contribution in [2.75, 3.05) is 39.3 Å². The molecule has 2 amide bonds. The van der Waals surface area contributed by atoms with Gasteiger partial charge >= 0.3 is 11.8 Å². The Kier molecular flexibility index (Phi) is 4.58. The quantitative estimate of drug-likeness (QED) is 0.621. The van der Waals surface area contributed by atoms with Gasteiger partial charge in [-0.1, -0.05) is 6.92 Å². The highest BCUT2D eigenvalue weighted by atomic mass is 16.2. The molecule has 2 saturated heterocycles. The Morgan fingerprint density at radius 2 is 1.72 bits per heavy atom. The van der Waals surface area contributed by atoms with E-state index in [1.54, 1.807) is 9.80 Å². The van der Waals surface area contributed by atoms with Gasteiger partial charge in [0.1, 0.15) is 0 Å². The SMILES string of the molecule is CC1CCCN(C(=O)C(=O)N2CCCNCC2)C1. The van der Waals surface area contributed by atoms with E-state index < -0.39 is 0 Å². The molecule has 0 radical (unpaired) electrons. The Morgan fingerprint density at radius 1 is 1.00 bits per heavy atom. The Morgan fingerprint density at radius 3 is 2.50 bits per heavy atom. The summed E-state index contributed by atoms with van der Waals surface area (Å²) in [4.78, 5) is 27.8. The molecular formula is C13H23N3O2. The summed E-state index contributed by atoms with van der Waals surface area (Å²) in [7, 11) is 0. The molecule has 2 fully saturated rings. The van der Waals surface area contributed by atoms with Crippen molar-refractivity contribution >= 4 is 11.8 Å². The molecule has 1 N–H and O–H groups in total. The van der Waals surface area contributed by atoms with Gasteiger partial charge in [-0.3, -0.25) is 9.59 Å². The molecule has 2 heterocycles. The first kappa shape index (κ1) is 13.3. The summed E-state index contributed by atoms with van der Waals surface area (Å²) in [6, 6.07) is 0. The lowest BCUT2D eigenvalue weighted by atomic mass is 10.0. The van der Waals surface area contributed by atoms with Gasteiger partial charge in [0.15, 0.2) is 0 Å². The van der Waals surface area contributed by atoms with Crippen molar-refractivity contribution in [3.63, 3.8) is 0 Å². The molecule has 0 aromatic rings. The summed E-state index contributed by atoms with van der Waals surface area (Å²) in [6.45, 7) is 6.67. The number of carbonyl (C=O) groups excluding carboxylic acids is 2. The third kappa shape index (κ3) is 3.22. The number of nitrogens with zero attached hydrogens (tertiary/aromatic N) is 2. The van der Waals surface area contributed by atoms with Crippen LogP contribution in [0.3, 0.4) is 0 Å². The third-order valence-electron chi connectivity index (χ3n) is 3.75. The molecule has 0 aromatic heterocycles. The van der Waals surface area contributed by atoms with E-state index in [9.17, 15) is 9.59 Å². The first-order valence-corrected chi connectivity index (χ1v) is 6.97. The zero-order valence-corrected chi connectivity index (χ0v) is 11.2. The normalized spacial score (nSPS) is 25.7. The molecule has 1 atom stereocenters. The van der Waals surface area contributed by atoms with E-state index in [1.807, 2.05) is 0 Å². The number of hydrogen-bond donors (Lipinski definition) is 1. The molecule has 2 rings (SSSR count). The van der Waals surface area contributed by atoms with Crippen LogP contribution >= 0.6 is 0 Å². The first-order valence-electron chi connectivity index (χ1n) is 6.97. The third-order valence-corrected chi connectivity index (χ3v) is 3.75. The molecule has 0 aromatic carbocycles. The van der Waals surface area contributed by atoms with Gasteiger partial charge in [0.2, 0.25) is 0 Å². The van der Waals surface area contributed by atoms with Crippen molar-refractivity contribution in [2.24, 2.45) is 5.92 Å². The summed E-state index contributed by atoms with van der Waals surface area (Å²) in [6.07, 6.45) is 3.10. The summed E-state index contributed by atoms with van der Waals surface area (Å²) in [5, 5.41) is 3.24. The fourth-order valence-electron chi connectivity index (χ4n) is 2.69. The zero-order chi connectivity index (χ0) is 13.0. The Hall–Kier alpha value is -1.10. The van der Waals surface area contributed by atoms with Gasteiger partial charge in [0.05, 0.1) is 0 Å². The van der Waals surface area contributed by atoms with E-state index in [1.165, 1.54) is 0 Å². The molecule has 0 aliphatic carbocycles. The lowest BCUT2D eigenvalue weighted by molar-refractivity contribution is -0.152. The van der Waals surface area contributed by atoms with Gasteiger partial charge in [0, 0.05) is 32.7 Å². The molecular weight excluding hydrogens is 230 g/mol. The Bertz CT molecular complexity index is 299. The summed E-state index contributed by atoms with van der Waals surface area (Å²) >= 11 is 0. The number of rotatable bonds is 0. The fourth-order valence-corrected chi connectivity index (χ4v) is 2.69. The second-order valence-corrected chi connectivity index (χ2v) is 5.39. The van der Waals surface area contributed by atoms with Gasteiger partial charge in [-0.15, -0.1) is 0 Å². The number of hydrogen-bond acceptors (Lipinski definition) is 3. The fraction of sp³-hybridized carbons (Fsp3) is 0.846. The summed E-state index contributed by atoms with van der Waals surface area (Å²) in [5.41, 5.74) is 0. The highest BCUT2D eigenvalue weighted by molar-refractivity contribution is 6.34. The van der Waals surface area contributed by atoms with E-state index in [2.05, 4.69) is 12.2 Å². The van der Waals surface area contributed by atoms with Gasteiger partial charge in [-0.25, -0.2) is 0 Å². The monoisotopic (exact) mass is 253 g/mol. The Labute approximate surface area is 108 Å². The molecule has 1 unspecified atom stereocenters. The highest BCUT2D eigenvalue weighted by Crippen LogP contribution is 2.16. The van der Waals surface area contributed by atoms with Crippen molar-refractivity contribution < 1.29 is 9.59 Å². The molecule has 5 heteroatoms. The molecule has 2 aliphatic rings. The van der Waals surface area contributed by atoms with Gasteiger partial charge in [-0.05, 0) is 31.7 Å². The van der Waals surface area contributed by atoms with Crippen LogP contribution in [0.15, 0.2) is 0 Å². The van der Waals surface area contributed by atoms with Crippen molar-refractivity contribution in [2.45, 2.75) is 26.2 Å². The molecule has 0 saturated carbocycles. The minimum absolute atomic E-state index is 0.302. The highest BCUT2D eigenvalue weighted by Gasteiger charge is 2.29. The number of amides is 2. The zero-order valence-electron chi connectivity index (χ0n) is 11.2. The van der Waals surface area contributed by atoms with Crippen LogP contribution in [0.5, 0.6) is 0 Å². The minimum atomic E-state index is -0.312. The maximum atomic E-state index is 12.2. The van der Waals surface area contributed by atoms with E-state index >= 15 is 0 Å². The van der Waals surface area contributed by atoms with Crippen LogP contribution in [0, 0.1) is 5.92 Å². The van der Waals surface area contributed by atoms with Crippen LogP contribution < -0.4 is 5.32 Å². The molecule has 18 heavy (non-hydrogen) atoms. The standard InChI is InChI=1S/C13H23N3O2/c1-11-4-2-7-16(10-11)13(18)12(17)15-8-3-5-14-6-9-15/h11,14H,2-10H2,1H3. The van der Waals surface area contributed by atoms with Crippen molar-refractivity contribution in [1.82, 2.24) is 15.1 Å². The van der Waals surface area contributed by atoms with Crippen molar-refractivity contribution in [3.05, 3.63) is 0 Å². The maximum absolute atomic E-state index is 12.2. The van der Waals surface area contributed by atoms with Crippen LogP contribution in [0.2, 0.25) is 0 Å². The molecule has 0 bridgehead atoms. The number of nitrogens with one attached hydrogen (secondary N) is 1. The van der Waals surface area contributed by atoms with Crippen LogP contribution in [0.25, 0.3) is 0 Å². The molecule has 102 valence electrons. The van der Waals surface area contributed by atoms with Crippen LogP contribution in [0.4, 0.5) is 0 Å². The van der Waals surface area contributed by atoms with Crippen LogP contribution in [-0.4, -0.2) is 60.9 Å². The lowest BCUT2D eigenvalue weighted by Crippen LogP contribution is -2.49. The van der Waals surface area contributed by atoms with Gasteiger partial charge < -0.3 is 15.1 Å². The average molecular weight is 253 g/mol. The second kappa shape index (κ2) is 6.18. The lowest BCUT2D eigenvalue weighted by Gasteiger charge is -2.32. The summed E-state index contributed by atoms with van der Waals surface area (Å²) < 4.78 is 0. The van der Waals surface area contributed by atoms with Gasteiger partial charge in [0.25, 0.3) is 0 Å². The van der Waals surface area contributed by atoms with E-state index in [4.69, 9.17) is 0 Å². The Balaban J connectivity index is 1.92. The van der Waals surface area contributed by atoms with Crippen LogP contribution in [-0.2, 0) is 9.59 Å². The number of piperidine rings is 1. The number of likely N-dealkylation sites (tertiary alicyclic amines) is 1. The molecule has 5 nitrogen and oxygen atoms in total. The number of carbonyl (C=O) groups is 2. The predicted octanol–water partition coefficient (Wildman–Crippen LogP) is 0.0668. The van der Waals surface area contributed by atoms with E-state index in [0.29, 0.717) is 19.0 Å².